The Bertz CT molecular complexity index is 674. The summed E-state index contributed by atoms with van der Waals surface area (Å²) in [4.78, 5) is 0. The van der Waals surface area contributed by atoms with Crippen LogP contribution in [0.25, 0.3) is 0 Å². The highest BCUT2D eigenvalue weighted by atomic mass is 32.3. The molecule has 7 N–H and O–H groups in total. The number of aliphatic hydroxyl groups is 6. The van der Waals surface area contributed by atoms with E-state index in [2.05, 4.69) is 4.18 Å². The van der Waals surface area contributed by atoms with Gasteiger partial charge in [-0.15, -0.1) is 0 Å². The first-order valence-electron chi connectivity index (χ1n) is 10.2. The molecule has 0 unspecified atom stereocenters. The maximum atomic E-state index is 11.2. The molecule has 2 aliphatic rings. The smallest absolute Gasteiger partial charge is 0.394 e. The summed E-state index contributed by atoms with van der Waals surface area (Å²) in [5.41, 5.74) is 0. The predicted molar refractivity (Wildman–Crippen MR) is 102 cm³/mol. The minimum atomic E-state index is -5.03. The van der Waals surface area contributed by atoms with Crippen molar-refractivity contribution >= 4 is 10.4 Å². The molecule has 14 nitrogen and oxygen atoms in total. The first kappa shape index (κ1) is 27.7. The molecule has 0 aliphatic carbocycles. The molecule has 0 saturated carbocycles. The number of hydrogen-bond acceptors (Lipinski definition) is 13. The molecule has 0 aromatic rings. The summed E-state index contributed by atoms with van der Waals surface area (Å²) in [5, 5.41) is 59.7. The molecule has 9 atom stereocenters. The molecule has 0 radical (unpaired) electrons. The van der Waals surface area contributed by atoms with E-state index in [1.165, 1.54) is 0 Å². The van der Waals surface area contributed by atoms with Gasteiger partial charge in [-0.1, -0.05) is 19.8 Å². The van der Waals surface area contributed by atoms with Gasteiger partial charge < -0.3 is 49.6 Å². The fourth-order valence-electron chi connectivity index (χ4n) is 3.54. The van der Waals surface area contributed by atoms with Gasteiger partial charge in [0, 0.05) is 6.61 Å². The molecule has 0 spiro atoms. The van der Waals surface area contributed by atoms with Crippen LogP contribution in [-0.2, 0) is 33.5 Å². The molecule has 2 heterocycles. The molecule has 0 aromatic heterocycles. The summed E-state index contributed by atoms with van der Waals surface area (Å²) in [5.74, 6) is -2.34. The minimum absolute atomic E-state index is 0.0722. The number of rotatable bonds is 12. The van der Waals surface area contributed by atoms with Gasteiger partial charge in [0.05, 0.1) is 13.2 Å². The molecule has 2 fully saturated rings. The summed E-state index contributed by atoms with van der Waals surface area (Å²) in [6.45, 7) is -0.571. The number of hydrogen-bond donors (Lipinski definition) is 7. The normalized spacial score (nSPS) is 40.6. The van der Waals surface area contributed by atoms with Crippen molar-refractivity contribution in [1.82, 2.24) is 0 Å². The van der Waals surface area contributed by atoms with E-state index in [1.807, 2.05) is 6.92 Å². The Morgan fingerprint density at radius 1 is 0.938 bits per heavy atom. The van der Waals surface area contributed by atoms with E-state index >= 15 is 0 Å². The third kappa shape index (κ3) is 6.53. The van der Waals surface area contributed by atoms with Crippen LogP contribution in [0.4, 0.5) is 0 Å². The van der Waals surface area contributed by atoms with Crippen molar-refractivity contribution in [2.75, 3.05) is 26.4 Å². The van der Waals surface area contributed by atoms with Crippen molar-refractivity contribution in [3.8, 4) is 0 Å². The second kappa shape index (κ2) is 11.7. The van der Waals surface area contributed by atoms with E-state index in [0.717, 1.165) is 12.8 Å². The van der Waals surface area contributed by atoms with Crippen LogP contribution < -0.4 is 0 Å². The lowest BCUT2D eigenvalue weighted by molar-refractivity contribution is -0.384. The maximum absolute atomic E-state index is 11.2. The van der Waals surface area contributed by atoms with E-state index in [-0.39, 0.29) is 6.61 Å². The van der Waals surface area contributed by atoms with Crippen LogP contribution >= 0.6 is 0 Å². The van der Waals surface area contributed by atoms with Gasteiger partial charge in [0.25, 0.3) is 0 Å². The van der Waals surface area contributed by atoms with Crippen LogP contribution in [0.2, 0.25) is 0 Å². The first-order chi connectivity index (χ1) is 15.0. The fourth-order valence-corrected chi connectivity index (χ4v) is 3.86. The van der Waals surface area contributed by atoms with E-state index in [9.17, 15) is 39.1 Å². The van der Waals surface area contributed by atoms with Gasteiger partial charge in [-0.3, -0.25) is 4.55 Å². The van der Waals surface area contributed by atoms with E-state index in [0.29, 0.717) is 6.42 Å². The van der Waals surface area contributed by atoms with Crippen molar-refractivity contribution < 1.29 is 66.7 Å². The van der Waals surface area contributed by atoms with Crippen LogP contribution in [0.3, 0.4) is 0 Å². The van der Waals surface area contributed by atoms with Crippen molar-refractivity contribution in [1.29, 1.82) is 0 Å². The van der Waals surface area contributed by atoms with E-state index in [1.54, 1.807) is 0 Å². The topological polar surface area (TPSA) is 222 Å². The molecule has 15 heteroatoms. The van der Waals surface area contributed by atoms with Crippen LogP contribution in [0, 0.1) is 0 Å². The summed E-state index contributed by atoms with van der Waals surface area (Å²) >= 11 is 0. The van der Waals surface area contributed by atoms with Gasteiger partial charge in [-0.25, -0.2) is 4.18 Å². The Morgan fingerprint density at radius 2 is 1.59 bits per heavy atom. The Labute approximate surface area is 185 Å². The third-order valence-corrected chi connectivity index (χ3v) is 5.69. The van der Waals surface area contributed by atoms with Gasteiger partial charge in [0.15, 0.2) is 6.29 Å². The Balaban J connectivity index is 2.34. The summed E-state index contributed by atoms with van der Waals surface area (Å²) in [7, 11) is -5.03. The molecule has 2 rings (SSSR count). The lowest BCUT2D eigenvalue weighted by atomic mass is 9.99. The SMILES string of the molecule is CCCCCO[C@H]1[C@H](O)[C@@H](CO)O[C@@]1(COS(=O)(=O)O)O[C@H]1O[C@H](CO)[C@@H](O)[C@H](O)[C@H]1O. The van der Waals surface area contributed by atoms with Crippen LogP contribution in [-0.4, -0.2) is 125 Å². The highest BCUT2D eigenvalue weighted by molar-refractivity contribution is 7.80. The molecule has 0 amide bonds. The van der Waals surface area contributed by atoms with Gasteiger partial charge in [-0.05, 0) is 6.42 Å². The second-order valence-corrected chi connectivity index (χ2v) is 8.74. The van der Waals surface area contributed by atoms with Crippen LogP contribution in [0.5, 0.6) is 0 Å². The van der Waals surface area contributed by atoms with Crippen LogP contribution in [0.15, 0.2) is 0 Å². The van der Waals surface area contributed by atoms with E-state index < -0.39 is 85.0 Å². The van der Waals surface area contributed by atoms with Gasteiger partial charge in [0.1, 0.15) is 49.3 Å². The molecular formula is C17H32O14S. The highest BCUT2D eigenvalue weighted by Crippen LogP contribution is 2.38. The molecule has 32 heavy (non-hydrogen) atoms. The summed E-state index contributed by atoms with van der Waals surface area (Å²) in [6.07, 6.45) is -10.8. The Morgan fingerprint density at radius 3 is 2.16 bits per heavy atom. The zero-order valence-electron chi connectivity index (χ0n) is 17.5. The summed E-state index contributed by atoms with van der Waals surface area (Å²) in [6, 6.07) is 0. The monoisotopic (exact) mass is 492 g/mol. The largest absolute Gasteiger partial charge is 0.397 e. The van der Waals surface area contributed by atoms with Crippen LogP contribution in [0.1, 0.15) is 26.2 Å². The second-order valence-electron chi connectivity index (χ2n) is 7.64. The Hall–Kier alpha value is -0.530. The Kier molecular flexibility index (Phi) is 10.2. The van der Waals surface area contributed by atoms with E-state index in [4.69, 9.17) is 23.5 Å². The van der Waals surface area contributed by atoms with Crippen molar-refractivity contribution in [2.24, 2.45) is 0 Å². The average Bonchev–Trinajstić information content (AvgIpc) is 3.01. The number of unbranched alkanes of at least 4 members (excludes halogenated alkanes) is 2. The molecule has 190 valence electrons. The van der Waals surface area contributed by atoms with Gasteiger partial charge in [-0.2, -0.15) is 8.42 Å². The van der Waals surface area contributed by atoms with Gasteiger partial charge in [0.2, 0.25) is 5.79 Å². The van der Waals surface area contributed by atoms with Crippen molar-refractivity contribution in [2.45, 2.75) is 81.0 Å². The lowest BCUT2D eigenvalue weighted by Gasteiger charge is -2.44. The van der Waals surface area contributed by atoms with Crippen molar-refractivity contribution in [3.63, 3.8) is 0 Å². The molecular weight excluding hydrogens is 460 g/mol. The van der Waals surface area contributed by atoms with Crippen molar-refractivity contribution in [3.05, 3.63) is 0 Å². The highest BCUT2D eigenvalue weighted by Gasteiger charge is 2.60. The lowest BCUT2D eigenvalue weighted by Crippen LogP contribution is -2.63. The first-order valence-corrected chi connectivity index (χ1v) is 11.5. The number of ether oxygens (including phenoxy) is 4. The quantitative estimate of drug-likeness (QED) is 0.104. The zero-order chi connectivity index (χ0) is 24.1. The standard InChI is InChI=1S/C17H32O14S/c1-2-3-4-5-27-15-12(21)10(7-19)30-17(15,8-28-32(24,25)26)31-16-14(23)13(22)11(20)9(6-18)29-16/h9-16,18-23H,2-8H2,1H3,(H,24,25,26)/t9-,10-,11-,12-,13+,14-,15+,16-,17+/m1/s1. The van der Waals surface area contributed by atoms with Gasteiger partial charge >= 0.3 is 10.4 Å². The number of aliphatic hydroxyl groups excluding tert-OH is 6. The average molecular weight is 492 g/mol. The molecule has 0 aromatic carbocycles. The predicted octanol–water partition coefficient (Wildman–Crippen LogP) is -3.35. The molecule has 2 aliphatic heterocycles. The third-order valence-electron chi connectivity index (χ3n) is 5.27. The molecule has 0 bridgehead atoms. The zero-order valence-corrected chi connectivity index (χ0v) is 18.3. The minimum Gasteiger partial charge on any atom is -0.394 e. The fraction of sp³-hybridized carbons (Fsp3) is 1.00. The maximum Gasteiger partial charge on any atom is 0.397 e. The molecule has 2 saturated heterocycles. The summed E-state index contributed by atoms with van der Waals surface area (Å²) < 4.78 is 57.8.